The number of nitrogens with one attached hydrogen (secondary N) is 1. The monoisotopic (exact) mass is 320 g/mol. The number of halogens is 1. The number of carbonyl (C=O) groups excluding carboxylic acids is 1. The van der Waals surface area contributed by atoms with Gasteiger partial charge in [0.05, 0.1) is 0 Å². The summed E-state index contributed by atoms with van der Waals surface area (Å²) in [7, 11) is 0. The lowest BCUT2D eigenvalue weighted by molar-refractivity contribution is -0.116. The van der Waals surface area contributed by atoms with Crippen molar-refractivity contribution in [3.63, 3.8) is 0 Å². The molecule has 4 heteroatoms. The Hall–Kier alpha value is -1.39. The van der Waals surface area contributed by atoms with Gasteiger partial charge < -0.3 is 11.1 Å². The van der Waals surface area contributed by atoms with Crippen LogP contribution in [0.1, 0.15) is 19.8 Å². The zero-order chi connectivity index (χ0) is 13.8. The predicted octanol–water partition coefficient (Wildman–Crippen LogP) is 3.67. The lowest BCUT2D eigenvalue weighted by atomic mass is 10.1. The van der Waals surface area contributed by atoms with E-state index >= 15 is 0 Å². The minimum Gasteiger partial charge on any atom is -0.327 e. The Kier molecular flexibility index (Phi) is 4.56. The summed E-state index contributed by atoms with van der Waals surface area (Å²) in [6, 6.07) is 11.9. The zero-order valence-electron chi connectivity index (χ0n) is 10.8. The van der Waals surface area contributed by atoms with E-state index in [1.54, 1.807) is 0 Å². The van der Waals surface area contributed by atoms with Crippen molar-refractivity contribution in [1.29, 1.82) is 0 Å². The van der Waals surface area contributed by atoms with E-state index in [-0.39, 0.29) is 11.9 Å². The van der Waals surface area contributed by atoms with E-state index in [0.717, 1.165) is 27.4 Å². The Morgan fingerprint density at radius 3 is 2.68 bits per heavy atom. The van der Waals surface area contributed by atoms with Gasteiger partial charge in [-0.2, -0.15) is 0 Å². The van der Waals surface area contributed by atoms with Crippen LogP contribution in [0.4, 0.5) is 5.69 Å². The molecule has 0 aliphatic rings. The fraction of sp³-hybridized carbons (Fsp3) is 0.267. The molecule has 2 rings (SSSR count). The molecule has 0 fully saturated rings. The summed E-state index contributed by atoms with van der Waals surface area (Å²) in [5, 5.41) is 5.12. The highest BCUT2D eigenvalue weighted by Gasteiger charge is 2.08. The predicted molar refractivity (Wildman–Crippen MR) is 83.2 cm³/mol. The Bertz CT molecular complexity index is 598. The largest absolute Gasteiger partial charge is 0.327 e. The summed E-state index contributed by atoms with van der Waals surface area (Å²) in [5.41, 5.74) is 6.58. The second-order valence-electron chi connectivity index (χ2n) is 4.63. The van der Waals surface area contributed by atoms with Gasteiger partial charge in [-0.1, -0.05) is 35.0 Å². The molecule has 0 aliphatic carbocycles. The molecule has 0 heterocycles. The molecule has 0 aliphatic heterocycles. The van der Waals surface area contributed by atoms with Crippen molar-refractivity contribution in [2.45, 2.75) is 25.8 Å². The van der Waals surface area contributed by atoms with Crippen LogP contribution in [-0.4, -0.2) is 11.9 Å². The molecule has 0 aromatic heterocycles. The maximum atomic E-state index is 11.8. The first kappa shape index (κ1) is 14.0. The third-order valence-electron chi connectivity index (χ3n) is 3.06. The molecule has 100 valence electrons. The van der Waals surface area contributed by atoms with Crippen molar-refractivity contribution < 1.29 is 4.79 Å². The number of amides is 1. The Labute approximate surface area is 121 Å². The van der Waals surface area contributed by atoms with Crippen molar-refractivity contribution in [3.05, 3.63) is 40.9 Å². The van der Waals surface area contributed by atoms with Crippen molar-refractivity contribution in [3.8, 4) is 0 Å². The van der Waals surface area contributed by atoms with Crippen LogP contribution < -0.4 is 11.1 Å². The molecule has 2 aromatic rings. The molecule has 2 aromatic carbocycles. The number of rotatable bonds is 4. The van der Waals surface area contributed by atoms with Crippen molar-refractivity contribution in [1.82, 2.24) is 0 Å². The van der Waals surface area contributed by atoms with Crippen LogP contribution in [-0.2, 0) is 4.79 Å². The Morgan fingerprint density at radius 1 is 1.26 bits per heavy atom. The van der Waals surface area contributed by atoms with E-state index in [9.17, 15) is 4.79 Å². The number of hydrogen-bond donors (Lipinski definition) is 2. The highest BCUT2D eigenvalue weighted by Crippen LogP contribution is 2.23. The maximum Gasteiger partial charge on any atom is 0.225 e. The molecule has 0 spiro atoms. The molecule has 1 amide bonds. The van der Waals surface area contributed by atoms with Gasteiger partial charge in [-0.05, 0) is 41.5 Å². The molecule has 1 atom stereocenters. The van der Waals surface area contributed by atoms with Gasteiger partial charge in [0, 0.05) is 22.6 Å². The lowest BCUT2D eigenvalue weighted by Crippen LogP contribution is -2.26. The van der Waals surface area contributed by atoms with E-state index in [2.05, 4.69) is 21.2 Å². The van der Waals surface area contributed by atoms with Crippen LogP contribution >= 0.6 is 15.9 Å². The summed E-state index contributed by atoms with van der Waals surface area (Å²) in [5.74, 6) is -0.0363. The molecule has 0 radical (unpaired) electrons. The van der Waals surface area contributed by atoms with Gasteiger partial charge in [0.1, 0.15) is 0 Å². The van der Waals surface area contributed by atoms with Gasteiger partial charge in [0.15, 0.2) is 0 Å². The number of anilines is 1. The first-order valence-corrected chi connectivity index (χ1v) is 7.12. The fourth-order valence-corrected chi connectivity index (χ4v) is 2.27. The molecule has 0 bridgehead atoms. The molecule has 3 N–H and O–H groups in total. The molecular formula is C15H17BrN2O. The SMILES string of the molecule is CCC(N)CC(=O)Nc1ccc2cc(Br)ccc2c1. The molecule has 1 unspecified atom stereocenters. The average Bonchev–Trinajstić information content (AvgIpc) is 2.38. The van der Waals surface area contributed by atoms with Crippen LogP contribution in [0.5, 0.6) is 0 Å². The highest BCUT2D eigenvalue weighted by atomic mass is 79.9. The summed E-state index contributed by atoms with van der Waals surface area (Å²) in [6.07, 6.45) is 1.16. The van der Waals surface area contributed by atoms with Crippen LogP contribution in [0, 0.1) is 0 Å². The Balaban J connectivity index is 2.13. The third-order valence-corrected chi connectivity index (χ3v) is 3.55. The van der Waals surface area contributed by atoms with Gasteiger partial charge in [0.25, 0.3) is 0 Å². The number of nitrogens with two attached hydrogens (primary N) is 1. The van der Waals surface area contributed by atoms with Crippen LogP contribution in [0.3, 0.4) is 0 Å². The number of hydrogen-bond acceptors (Lipinski definition) is 2. The van der Waals surface area contributed by atoms with E-state index in [4.69, 9.17) is 5.73 Å². The van der Waals surface area contributed by atoms with Crippen molar-refractivity contribution in [2.75, 3.05) is 5.32 Å². The topological polar surface area (TPSA) is 55.1 Å². The number of carbonyl (C=O) groups is 1. The molecule has 3 nitrogen and oxygen atoms in total. The Morgan fingerprint density at radius 2 is 1.95 bits per heavy atom. The maximum absolute atomic E-state index is 11.8. The van der Waals surface area contributed by atoms with Crippen molar-refractivity contribution >= 4 is 38.3 Å². The number of benzene rings is 2. The van der Waals surface area contributed by atoms with Crippen LogP contribution in [0.2, 0.25) is 0 Å². The first-order chi connectivity index (χ1) is 9.08. The molecule has 0 saturated carbocycles. The first-order valence-electron chi connectivity index (χ1n) is 6.33. The molecule has 19 heavy (non-hydrogen) atoms. The van der Waals surface area contributed by atoms with Gasteiger partial charge in [-0.25, -0.2) is 0 Å². The quantitative estimate of drug-likeness (QED) is 0.903. The van der Waals surface area contributed by atoms with Crippen molar-refractivity contribution in [2.24, 2.45) is 5.73 Å². The van der Waals surface area contributed by atoms with Gasteiger partial charge in [-0.3, -0.25) is 4.79 Å². The van der Waals surface area contributed by atoms with Gasteiger partial charge in [0.2, 0.25) is 5.91 Å². The summed E-state index contributed by atoms with van der Waals surface area (Å²) < 4.78 is 1.05. The third kappa shape index (κ3) is 3.78. The zero-order valence-corrected chi connectivity index (χ0v) is 12.4. The van der Waals surface area contributed by atoms with E-state index in [1.165, 1.54) is 0 Å². The highest BCUT2D eigenvalue weighted by molar-refractivity contribution is 9.10. The second-order valence-corrected chi connectivity index (χ2v) is 5.54. The second kappa shape index (κ2) is 6.17. The number of fused-ring (bicyclic) bond motifs is 1. The smallest absolute Gasteiger partial charge is 0.225 e. The minimum absolute atomic E-state index is 0.0363. The average molecular weight is 321 g/mol. The summed E-state index contributed by atoms with van der Waals surface area (Å²) in [6.45, 7) is 1.98. The van der Waals surface area contributed by atoms with E-state index < -0.39 is 0 Å². The summed E-state index contributed by atoms with van der Waals surface area (Å²) in [4.78, 5) is 11.8. The van der Waals surface area contributed by atoms with E-state index in [1.807, 2.05) is 43.3 Å². The van der Waals surface area contributed by atoms with Gasteiger partial charge >= 0.3 is 0 Å². The normalized spacial score (nSPS) is 12.4. The van der Waals surface area contributed by atoms with Gasteiger partial charge in [-0.15, -0.1) is 0 Å². The summed E-state index contributed by atoms with van der Waals surface area (Å²) >= 11 is 3.44. The minimum atomic E-state index is -0.0728. The lowest BCUT2D eigenvalue weighted by Gasteiger charge is -2.10. The van der Waals surface area contributed by atoms with E-state index in [0.29, 0.717) is 6.42 Å². The molecular weight excluding hydrogens is 304 g/mol. The van der Waals surface area contributed by atoms with Crippen LogP contribution in [0.25, 0.3) is 10.8 Å². The standard InChI is InChI=1S/C15H17BrN2O/c1-2-13(17)9-15(19)18-14-6-4-10-7-12(16)5-3-11(10)8-14/h3-8,13H,2,9,17H2,1H3,(H,18,19). The molecule has 0 saturated heterocycles. The fourth-order valence-electron chi connectivity index (χ4n) is 1.89. The van der Waals surface area contributed by atoms with Crippen LogP contribution in [0.15, 0.2) is 40.9 Å².